The highest BCUT2D eigenvalue weighted by Crippen LogP contribution is 2.43. The van der Waals surface area contributed by atoms with Gasteiger partial charge in [-0.15, -0.1) is 0 Å². The number of hydrogen-bond acceptors (Lipinski definition) is 8. The molecule has 2 N–H and O–H groups in total. The van der Waals surface area contributed by atoms with Gasteiger partial charge in [-0.25, -0.2) is 9.97 Å². The summed E-state index contributed by atoms with van der Waals surface area (Å²) in [4.78, 5) is 35.1. The number of amides is 1. The van der Waals surface area contributed by atoms with Crippen molar-refractivity contribution in [1.82, 2.24) is 24.8 Å². The molecule has 2 fully saturated rings. The normalized spacial score (nSPS) is 17.5. The Balaban J connectivity index is 1.10. The minimum atomic E-state index is -0.271. The number of nitrogens with zero attached hydrogens (tertiary/aromatic N) is 5. The Morgan fingerprint density at radius 2 is 1.85 bits per heavy atom. The second-order valence-corrected chi connectivity index (χ2v) is 12.5. The van der Waals surface area contributed by atoms with Crippen LogP contribution in [0.2, 0.25) is 0 Å². The summed E-state index contributed by atoms with van der Waals surface area (Å²) in [6.07, 6.45) is 7.86. The van der Waals surface area contributed by atoms with Crippen molar-refractivity contribution in [3.05, 3.63) is 83.8 Å². The van der Waals surface area contributed by atoms with E-state index in [0.29, 0.717) is 53.0 Å². The van der Waals surface area contributed by atoms with E-state index in [4.69, 9.17) is 9.47 Å². The molecule has 3 aliphatic rings. The molecule has 5 aromatic rings. The van der Waals surface area contributed by atoms with Gasteiger partial charge in [-0.3, -0.25) is 9.78 Å². The first-order valence-electron chi connectivity index (χ1n) is 16.0. The van der Waals surface area contributed by atoms with Gasteiger partial charge in [0.25, 0.3) is 5.91 Å². The summed E-state index contributed by atoms with van der Waals surface area (Å²) < 4.78 is 12.3. The van der Waals surface area contributed by atoms with Gasteiger partial charge in [-0.1, -0.05) is 18.2 Å². The average molecular weight is 617 g/mol. The van der Waals surface area contributed by atoms with Gasteiger partial charge in [0, 0.05) is 29.6 Å². The number of benzene rings is 2. The number of hydrogen-bond donors (Lipinski definition) is 2. The SMILES string of the molecule is CN1CCC(Oc2ccc(-c3cc4c(-c5cccc(N6CCOc7cc(C8CC8)ccc7C6=O)c5CO)ncnc4[nH]3)nc2)CC1. The molecule has 2 aromatic carbocycles. The molecule has 1 saturated heterocycles. The van der Waals surface area contributed by atoms with E-state index in [1.807, 2.05) is 54.6 Å². The molecule has 10 heteroatoms. The van der Waals surface area contributed by atoms with Gasteiger partial charge >= 0.3 is 0 Å². The van der Waals surface area contributed by atoms with Gasteiger partial charge < -0.3 is 29.4 Å². The van der Waals surface area contributed by atoms with Crippen LogP contribution in [0.15, 0.2) is 67.1 Å². The molecule has 0 spiro atoms. The number of ether oxygens (including phenoxy) is 2. The topological polar surface area (TPSA) is 117 Å². The maximum absolute atomic E-state index is 13.9. The summed E-state index contributed by atoms with van der Waals surface area (Å²) in [5.74, 6) is 1.82. The Morgan fingerprint density at radius 1 is 0.978 bits per heavy atom. The second kappa shape index (κ2) is 11.9. The lowest BCUT2D eigenvalue weighted by molar-refractivity contribution is 0.0989. The van der Waals surface area contributed by atoms with Crippen molar-refractivity contribution in [3.8, 4) is 34.1 Å². The van der Waals surface area contributed by atoms with Gasteiger partial charge in [-0.2, -0.15) is 0 Å². The highest BCUT2D eigenvalue weighted by Gasteiger charge is 2.30. The fraction of sp³-hybridized carbons (Fsp3) is 0.333. The van der Waals surface area contributed by atoms with Gasteiger partial charge in [0.2, 0.25) is 0 Å². The molecule has 0 atom stereocenters. The molecule has 2 aliphatic heterocycles. The van der Waals surface area contributed by atoms with Crippen LogP contribution in [0, 0.1) is 0 Å². The van der Waals surface area contributed by atoms with Gasteiger partial charge in [0.15, 0.2) is 0 Å². The van der Waals surface area contributed by atoms with E-state index in [2.05, 4.69) is 31.9 Å². The number of anilines is 1. The number of carbonyl (C=O) groups excluding carboxylic acids is 1. The number of aromatic nitrogens is 4. The van der Waals surface area contributed by atoms with Crippen molar-refractivity contribution in [2.24, 2.45) is 0 Å². The van der Waals surface area contributed by atoms with E-state index in [-0.39, 0.29) is 18.6 Å². The molecule has 0 unspecified atom stereocenters. The molecule has 8 rings (SSSR count). The van der Waals surface area contributed by atoms with Crippen molar-refractivity contribution in [2.75, 3.05) is 38.2 Å². The summed E-state index contributed by atoms with van der Waals surface area (Å²) in [6.45, 7) is 2.52. The second-order valence-electron chi connectivity index (χ2n) is 12.5. The first kappa shape index (κ1) is 28.7. The molecule has 3 aromatic heterocycles. The smallest absolute Gasteiger partial charge is 0.262 e. The van der Waals surface area contributed by atoms with Crippen LogP contribution in [0.4, 0.5) is 5.69 Å². The number of fused-ring (bicyclic) bond motifs is 2. The number of aliphatic hydroxyl groups excluding tert-OH is 1. The molecule has 234 valence electrons. The maximum atomic E-state index is 13.9. The minimum Gasteiger partial charge on any atom is -0.491 e. The standard InChI is InChI=1S/C36H36N6O4/c1-41-13-11-24(12-14-41)46-25-8-10-30(37-19-25)31-18-28-34(38-21-39-35(28)40-31)26-3-2-4-32(29(26)20-43)42-15-16-45-33-17-23(22-5-6-22)7-9-27(33)36(42)44/h2-4,7-10,17-19,21-22,24,43H,5-6,11-16,20H2,1H3,(H,38,39,40). The molecule has 0 bridgehead atoms. The van der Waals surface area contributed by atoms with Crippen molar-refractivity contribution in [1.29, 1.82) is 0 Å². The Kier molecular flexibility index (Phi) is 7.38. The Labute approximate surface area is 267 Å². The van der Waals surface area contributed by atoms with Crippen LogP contribution in [0.5, 0.6) is 11.5 Å². The summed E-state index contributed by atoms with van der Waals surface area (Å²) in [6, 6.07) is 17.5. The van der Waals surface area contributed by atoms with E-state index in [1.165, 1.54) is 24.7 Å². The third-order valence-corrected chi connectivity index (χ3v) is 9.36. The zero-order chi connectivity index (χ0) is 31.2. The molecule has 1 amide bonds. The number of pyridine rings is 1. The molecule has 0 radical (unpaired) electrons. The Morgan fingerprint density at radius 3 is 2.63 bits per heavy atom. The van der Waals surface area contributed by atoms with Crippen molar-refractivity contribution < 1.29 is 19.4 Å². The van der Waals surface area contributed by atoms with E-state index < -0.39 is 0 Å². The van der Waals surface area contributed by atoms with E-state index in [9.17, 15) is 9.90 Å². The number of piperidine rings is 1. The van der Waals surface area contributed by atoms with Crippen molar-refractivity contribution in [2.45, 2.75) is 44.3 Å². The number of likely N-dealkylation sites (tertiary alicyclic amines) is 1. The number of rotatable bonds is 7. The van der Waals surface area contributed by atoms with Crippen molar-refractivity contribution >= 4 is 22.6 Å². The number of aliphatic hydroxyl groups is 1. The van der Waals surface area contributed by atoms with Crippen LogP contribution in [0.1, 0.15) is 53.1 Å². The zero-order valence-corrected chi connectivity index (χ0v) is 25.8. The monoisotopic (exact) mass is 616 g/mol. The Bertz CT molecular complexity index is 1910. The highest BCUT2D eigenvalue weighted by molar-refractivity contribution is 6.09. The zero-order valence-electron chi connectivity index (χ0n) is 25.8. The third kappa shape index (κ3) is 5.37. The van der Waals surface area contributed by atoms with Gasteiger partial charge in [0.1, 0.15) is 36.2 Å². The highest BCUT2D eigenvalue weighted by atomic mass is 16.5. The predicted molar refractivity (Wildman–Crippen MR) is 175 cm³/mol. The lowest BCUT2D eigenvalue weighted by Crippen LogP contribution is -2.35. The van der Waals surface area contributed by atoms with Gasteiger partial charge in [-0.05, 0) is 80.6 Å². The summed E-state index contributed by atoms with van der Waals surface area (Å²) in [5, 5.41) is 11.5. The van der Waals surface area contributed by atoms with E-state index in [0.717, 1.165) is 54.0 Å². The first-order valence-corrected chi connectivity index (χ1v) is 16.0. The van der Waals surface area contributed by atoms with Crippen LogP contribution >= 0.6 is 0 Å². The van der Waals surface area contributed by atoms with Gasteiger partial charge in [0.05, 0.1) is 47.7 Å². The van der Waals surface area contributed by atoms with Crippen LogP contribution in [0.3, 0.4) is 0 Å². The lowest BCUT2D eigenvalue weighted by atomic mass is 9.99. The molecule has 1 aliphatic carbocycles. The largest absolute Gasteiger partial charge is 0.491 e. The third-order valence-electron chi connectivity index (χ3n) is 9.36. The lowest BCUT2D eigenvalue weighted by Gasteiger charge is -2.29. The first-order chi connectivity index (χ1) is 22.6. The van der Waals surface area contributed by atoms with Crippen LogP contribution < -0.4 is 14.4 Å². The molecular formula is C36H36N6O4. The van der Waals surface area contributed by atoms with Crippen LogP contribution in [-0.4, -0.2) is 75.2 Å². The minimum absolute atomic E-state index is 0.146. The number of nitrogens with one attached hydrogen (secondary N) is 1. The molecular weight excluding hydrogens is 580 g/mol. The summed E-state index contributed by atoms with van der Waals surface area (Å²) in [5.41, 5.74) is 6.61. The maximum Gasteiger partial charge on any atom is 0.262 e. The molecule has 5 heterocycles. The molecule has 10 nitrogen and oxygen atoms in total. The average Bonchev–Trinajstić information content (AvgIpc) is 3.87. The molecule has 1 saturated carbocycles. The van der Waals surface area contributed by atoms with Crippen molar-refractivity contribution in [3.63, 3.8) is 0 Å². The van der Waals surface area contributed by atoms with Crippen LogP contribution in [-0.2, 0) is 6.61 Å². The fourth-order valence-electron chi connectivity index (χ4n) is 6.64. The van der Waals surface area contributed by atoms with Crippen LogP contribution in [0.25, 0.3) is 33.7 Å². The van der Waals surface area contributed by atoms with E-state index >= 15 is 0 Å². The quantitative estimate of drug-likeness (QED) is 0.244. The number of aromatic amines is 1. The number of carbonyl (C=O) groups is 1. The Hall–Kier alpha value is -4.80. The predicted octanol–water partition coefficient (Wildman–Crippen LogP) is 5.57. The van der Waals surface area contributed by atoms with E-state index in [1.54, 1.807) is 11.1 Å². The molecule has 46 heavy (non-hydrogen) atoms. The fourth-order valence-corrected chi connectivity index (χ4v) is 6.64. The summed E-state index contributed by atoms with van der Waals surface area (Å²) in [7, 11) is 2.14. The number of H-pyrrole nitrogens is 1. The summed E-state index contributed by atoms with van der Waals surface area (Å²) >= 11 is 0.